The van der Waals surface area contributed by atoms with Crippen molar-refractivity contribution in [2.45, 2.75) is 19.4 Å². The number of nitrogens with zero attached hydrogens (tertiary/aromatic N) is 2. The van der Waals surface area contributed by atoms with Gasteiger partial charge in [-0.2, -0.15) is 11.8 Å². The second-order valence-corrected chi connectivity index (χ2v) is 6.13. The van der Waals surface area contributed by atoms with E-state index in [9.17, 15) is 0 Å². The van der Waals surface area contributed by atoms with E-state index in [0.717, 1.165) is 6.04 Å². The van der Waals surface area contributed by atoms with Crippen molar-refractivity contribution in [3.63, 3.8) is 0 Å². The first-order valence-electron chi connectivity index (χ1n) is 6.65. The second-order valence-electron chi connectivity index (χ2n) is 4.74. The summed E-state index contributed by atoms with van der Waals surface area (Å²) in [5.41, 5.74) is 0. The van der Waals surface area contributed by atoms with Gasteiger partial charge in [-0.05, 0) is 24.5 Å². The molecule has 16 heavy (non-hydrogen) atoms. The van der Waals surface area contributed by atoms with E-state index in [1.54, 1.807) is 0 Å². The van der Waals surface area contributed by atoms with Gasteiger partial charge < -0.3 is 10.2 Å². The lowest BCUT2D eigenvalue weighted by Crippen LogP contribution is -2.61. The van der Waals surface area contributed by atoms with Gasteiger partial charge in [-0.3, -0.25) is 4.90 Å². The molecule has 94 valence electrons. The molecule has 2 heterocycles. The average Bonchev–Trinajstić information content (AvgIpc) is 2.24. The van der Waals surface area contributed by atoms with Crippen molar-refractivity contribution in [1.29, 1.82) is 0 Å². The lowest BCUT2D eigenvalue weighted by Gasteiger charge is -2.43. The molecule has 0 aromatic rings. The van der Waals surface area contributed by atoms with Crippen LogP contribution in [0.15, 0.2) is 0 Å². The maximum absolute atomic E-state index is 3.36. The van der Waals surface area contributed by atoms with Crippen LogP contribution < -0.4 is 5.32 Å². The Bertz CT molecular complexity index is 189. The molecule has 3 nitrogen and oxygen atoms in total. The second kappa shape index (κ2) is 6.84. The van der Waals surface area contributed by atoms with Gasteiger partial charge in [0.05, 0.1) is 0 Å². The quantitative estimate of drug-likeness (QED) is 0.693. The highest BCUT2D eigenvalue weighted by Crippen LogP contribution is 2.10. The Kier molecular flexibility index (Phi) is 5.42. The Morgan fingerprint density at radius 3 is 2.50 bits per heavy atom. The molecule has 2 saturated heterocycles. The molecule has 0 bridgehead atoms. The summed E-state index contributed by atoms with van der Waals surface area (Å²) in [6.07, 6.45) is 1.36. The van der Waals surface area contributed by atoms with E-state index in [0.29, 0.717) is 0 Å². The van der Waals surface area contributed by atoms with Crippen molar-refractivity contribution < 1.29 is 0 Å². The summed E-state index contributed by atoms with van der Waals surface area (Å²) in [6, 6.07) is 0.845. The van der Waals surface area contributed by atoms with E-state index in [4.69, 9.17) is 0 Å². The molecule has 0 spiro atoms. The molecule has 2 aliphatic heterocycles. The smallest absolute Gasteiger partial charge is 0.0346 e. The number of hydrogen-bond donors (Lipinski definition) is 1. The minimum Gasteiger partial charge on any atom is -0.314 e. The van der Waals surface area contributed by atoms with Crippen molar-refractivity contribution in [1.82, 2.24) is 15.1 Å². The Morgan fingerprint density at radius 2 is 1.94 bits per heavy atom. The van der Waals surface area contributed by atoms with Crippen LogP contribution in [0.2, 0.25) is 0 Å². The standard InChI is InChI=1S/C12H25N3S/c1-2-16-9-3-4-14-5-7-15(8-6-14)12-10-13-11-12/h12-13H,2-11H2,1H3. The fourth-order valence-electron chi connectivity index (χ4n) is 2.42. The van der Waals surface area contributed by atoms with Gasteiger partial charge in [-0.15, -0.1) is 0 Å². The van der Waals surface area contributed by atoms with Crippen LogP contribution in [0, 0.1) is 0 Å². The van der Waals surface area contributed by atoms with E-state index in [-0.39, 0.29) is 0 Å². The number of rotatable bonds is 6. The molecule has 0 saturated carbocycles. The van der Waals surface area contributed by atoms with Crippen LogP contribution in [0.3, 0.4) is 0 Å². The number of nitrogens with one attached hydrogen (secondary N) is 1. The van der Waals surface area contributed by atoms with Gasteiger partial charge >= 0.3 is 0 Å². The third-order valence-corrected chi connectivity index (χ3v) is 4.64. The van der Waals surface area contributed by atoms with Gasteiger partial charge in [0.2, 0.25) is 0 Å². The topological polar surface area (TPSA) is 18.5 Å². The summed E-state index contributed by atoms with van der Waals surface area (Å²) in [5, 5.41) is 3.36. The van der Waals surface area contributed by atoms with Gasteiger partial charge in [-0.1, -0.05) is 6.92 Å². The molecule has 2 rings (SSSR count). The fourth-order valence-corrected chi connectivity index (χ4v) is 3.04. The minimum absolute atomic E-state index is 0.845. The van der Waals surface area contributed by atoms with Crippen molar-refractivity contribution in [2.24, 2.45) is 0 Å². The Balaban J connectivity index is 1.54. The highest BCUT2D eigenvalue weighted by molar-refractivity contribution is 7.99. The summed E-state index contributed by atoms with van der Waals surface area (Å²) >= 11 is 2.07. The molecule has 2 fully saturated rings. The summed E-state index contributed by atoms with van der Waals surface area (Å²) in [6.45, 7) is 11.1. The highest BCUT2D eigenvalue weighted by atomic mass is 32.2. The minimum atomic E-state index is 0.845. The summed E-state index contributed by atoms with van der Waals surface area (Å²) in [5.74, 6) is 2.60. The summed E-state index contributed by atoms with van der Waals surface area (Å²) in [7, 11) is 0. The number of hydrogen-bond acceptors (Lipinski definition) is 4. The summed E-state index contributed by atoms with van der Waals surface area (Å²) in [4.78, 5) is 5.30. The van der Waals surface area contributed by atoms with Crippen LogP contribution in [0.4, 0.5) is 0 Å². The molecule has 1 N–H and O–H groups in total. The molecule has 0 amide bonds. The van der Waals surface area contributed by atoms with Crippen molar-refractivity contribution in [2.75, 3.05) is 57.3 Å². The van der Waals surface area contributed by atoms with Gasteiger partial charge in [0.1, 0.15) is 0 Å². The van der Waals surface area contributed by atoms with E-state index in [1.807, 2.05) is 0 Å². The van der Waals surface area contributed by atoms with E-state index in [2.05, 4.69) is 33.8 Å². The van der Waals surface area contributed by atoms with Crippen LogP contribution in [0.25, 0.3) is 0 Å². The van der Waals surface area contributed by atoms with Crippen molar-refractivity contribution in [3.8, 4) is 0 Å². The van der Waals surface area contributed by atoms with Crippen LogP contribution in [0.5, 0.6) is 0 Å². The van der Waals surface area contributed by atoms with E-state index < -0.39 is 0 Å². The largest absolute Gasteiger partial charge is 0.314 e. The monoisotopic (exact) mass is 243 g/mol. The molecule has 0 radical (unpaired) electrons. The molecule has 0 unspecified atom stereocenters. The number of thioether (sulfide) groups is 1. The van der Waals surface area contributed by atoms with Crippen LogP contribution in [-0.2, 0) is 0 Å². The predicted octanol–water partition coefficient (Wildman–Crippen LogP) is 0.719. The Morgan fingerprint density at radius 1 is 1.19 bits per heavy atom. The Hall–Kier alpha value is 0.230. The van der Waals surface area contributed by atoms with Crippen molar-refractivity contribution >= 4 is 11.8 Å². The highest BCUT2D eigenvalue weighted by Gasteiger charge is 2.27. The first-order chi connectivity index (χ1) is 7.90. The maximum Gasteiger partial charge on any atom is 0.0346 e. The van der Waals surface area contributed by atoms with Gasteiger partial charge in [-0.25, -0.2) is 0 Å². The average molecular weight is 243 g/mol. The van der Waals surface area contributed by atoms with Gasteiger partial charge in [0.25, 0.3) is 0 Å². The zero-order chi connectivity index (χ0) is 11.2. The van der Waals surface area contributed by atoms with Crippen LogP contribution in [-0.4, -0.2) is 73.2 Å². The van der Waals surface area contributed by atoms with Crippen LogP contribution in [0.1, 0.15) is 13.3 Å². The third-order valence-electron chi connectivity index (χ3n) is 3.65. The molecular weight excluding hydrogens is 218 g/mol. The predicted molar refractivity (Wildman–Crippen MR) is 72.3 cm³/mol. The van der Waals surface area contributed by atoms with Gasteiger partial charge in [0, 0.05) is 45.3 Å². The molecule has 0 aromatic carbocycles. The molecule has 0 atom stereocenters. The first-order valence-corrected chi connectivity index (χ1v) is 7.80. The zero-order valence-corrected chi connectivity index (χ0v) is 11.3. The Labute approximate surface area is 104 Å². The zero-order valence-electron chi connectivity index (χ0n) is 10.5. The lowest BCUT2D eigenvalue weighted by molar-refractivity contribution is 0.0731. The van der Waals surface area contributed by atoms with Gasteiger partial charge in [0.15, 0.2) is 0 Å². The van der Waals surface area contributed by atoms with Crippen LogP contribution >= 0.6 is 11.8 Å². The molecule has 0 aromatic heterocycles. The molecular formula is C12H25N3S. The summed E-state index contributed by atoms with van der Waals surface area (Å²) < 4.78 is 0. The lowest BCUT2D eigenvalue weighted by atomic mass is 10.1. The maximum atomic E-state index is 3.36. The third kappa shape index (κ3) is 3.62. The molecule has 0 aliphatic carbocycles. The first kappa shape index (κ1) is 12.7. The SMILES string of the molecule is CCSCCCN1CCN(C2CNC2)CC1. The molecule has 2 aliphatic rings. The fraction of sp³-hybridized carbons (Fsp3) is 1.00. The van der Waals surface area contributed by atoms with E-state index >= 15 is 0 Å². The van der Waals surface area contributed by atoms with Crippen molar-refractivity contribution in [3.05, 3.63) is 0 Å². The van der Waals surface area contributed by atoms with E-state index in [1.165, 1.54) is 63.7 Å². The number of piperazine rings is 1. The normalized spacial score (nSPS) is 24.6. The molecule has 4 heteroatoms.